The van der Waals surface area contributed by atoms with Gasteiger partial charge < -0.3 is 27.8 Å². The average Bonchev–Trinajstić information content (AvgIpc) is 2.95. The maximum absolute atomic E-state index is 13.2. The number of pyridine rings is 3. The van der Waals surface area contributed by atoms with Crippen molar-refractivity contribution in [2.45, 2.75) is 12.8 Å². The molecule has 3 rings (SSSR count). The van der Waals surface area contributed by atoms with Gasteiger partial charge in [-0.2, -0.15) is 13.2 Å². The smallest absolute Gasteiger partial charge is 0.238 e. The van der Waals surface area contributed by atoms with Gasteiger partial charge in [0.05, 0.1) is 24.5 Å². The maximum atomic E-state index is 13.2. The predicted molar refractivity (Wildman–Crippen MR) is 184 cm³/mol. The number of anilines is 2. The van der Waals surface area contributed by atoms with Crippen LogP contribution in [-0.2, 0) is 6.42 Å². The highest BCUT2D eigenvalue weighted by Gasteiger charge is 2.05. The molecule has 15 heteroatoms. The fraction of sp³-hybridized carbons (Fsp3) is 0.355. The van der Waals surface area contributed by atoms with Crippen molar-refractivity contribution in [3.63, 3.8) is 0 Å². The van der Waals surface area contributed by atoms with Gasteiger partial charge in [-0.05, 0) is 101 Å². The third-order valence-electron chi connectivity index (χ3n) is 4.93. The second kappa shape index (κ2) is 23.0. The highest BCUT2D eigenvalue weighted by Crippen LogP contribution is 2.18. The summed E-state index contributed by atoms with van der Waals surface area (Å²) in [6, 6.07) is 4.56. The Morgan fingerprint density at radius 1 is 0.826 bits per heavy atom. The van der Waals surface area contributed by atoms with Gasteiger partial charge in [0.25, 0.3) is 0 Å². The average molecular weight is 707 g/mol. The lowest BCUT2D eigenvalue weighted by Crippen LogP contribution is -2.22. The van der Waals surface area contributed by atoms with E-state index in [1.165, 1.54) is 30.7 Å². The van der Waals surface area contributed by atoms with Crippen LogP contribution in [0.25, 0.3) is 0 Å². The number of halogens is 4. The molecule has 46 heavy (non-hydrogen) atoms. The van der Waals surface area contributed by atoms with Crippen LogP contribution in [-0.4, -0.2) is 97.5 Å². The number of rotatable bonds is 7. The van der Waals surface area contributed by atoms with E-state index in [0.717, 1.165) is 31.5 Å². The van der Waals surface area contributed by atoms with Gasteiger partial charge in [0.1, 0.15) is 5.69 Å². The van der Waals surface area contributed by atoms with Crippen molar-refractivity contribution in [1.82, 2.24) is 29.7 Å². The molecular formula is C31H43BrF3N11. The van der Waals surface area contributed by atoms with Gasteiger partial charge in [-0.1, -0.05) is 17.8 Å². The van der Waals surface area contributed by atoms with Gasteiger partial charge in [0.2, 0.25) is 17.8 Å². The van der Waals surface area contributed by atoms with E-state index < -0.39 is 17.8 Å². The van der Waals surface area contributed by atoms with Gasteiger partial charge in [-0.15, -0.1) is 6.42 Å². The van der Waals surface area contributed by atoms with Crippen molar-refractivity contribution >= 4 is 39.0 Å². The molecule has 3 aromatic rings. The quantitative estimate of drug-likeness (QED) is 0.124. The van der Waals surface area contributed by atoms with Crippen molar-refractivity contribution in [2.24, 2.45) is 16.5 Å². The Morgan fingerprint density at radius 2 is 1.39 bits per heavy atom. The van der Waals surface area contributed by atoms with Gasteiger partial charge in [-0.3, -0.25) is 9.80 Å². The number of hydrogen-bond acceptors (Lipinski definition) is 9. The van der Waals surface area contributed by atoms with Crippen LogP contribution in [0.15, 0.2) is 46.3 Å². The normalized spacial score (nSPS) is 9.83. The second-order valence-electron chi connectivity index (χ2n) is 10.2. The molecule has 0 aliphatic carbocycles. The van der Waals surface area contributed by atoms with E-state index in [2.05, 4.69) is 58.5 Å². The third kappa shape index (κ3) is 20.5. The zero-order valence-corrected chi connectivity index (χ0v) is 28.6. The number of aromatic nitrogens is 3. The van der Waals surface area contributed by atoms with Crippen molar-refractivity contribution < 1.29 is 13.2 Å². The lowest BCUT2D eigenvalue weighted by Gasteiger charge is -2.09. The fourth-order valence-corrected chi connectivity index (χ4v) is 3.23. The Balaban J connectivity index is 0.000000626. The summed E-state index contributed by atoms with van der Waals surface area (Å²) in [5, 5.41) is 0. The van der Waals surface area contributed by atoms with Crippen LogP contribution in [0.2, 0.25) is 0 Å². The second-order valence-corrected chi connectivity index (χ2v) is 11.1. The molecule has 0 saturated carbocycles. The summed E-state index contributed by atoms with van der Waals surface area (Å²) in [6.45, 7) is 2.35. The molecule has 11 nitrogen and oxygen atoms in total. The number of guanidine groups is 1. The lowest BCUT2D eigenvalue weighted by molar-refractivity contribution is 0.400. The summed E-state index contributed by atoms with van der Waals surface area (Å²) in [7, 11) is 11.7. The number of hydrogen-bond donors (Lipinski definition) is 4. The summed E-state index contributed by atoms with van der Waals surface area (Å²) in [5.74, 6) is 6.14. The Bertz CT molecular complexity index is 1480. The molecule has 3 aromatic heterocycles. The molecule has 0 unspecified atom stereocenters. The highest BCUT2D eigenvalue weighted by atomic mass is 79.9. The van der Waals surface area contributed by atoms with Crippen molar-refractivity contribution in [1.29, 1.82) is 0 Å². The molecular weight excluding hydrogens is 663 g/mol. The summed E-state index contributed by atoms with van der Waals surface area (Å²) in [4.78, 5) is 20.1. The first-order valence-corrected chi connectivity index (χ1v) is 14.4. The van der Waals surface area contributed by atoms with Crippen molar-refractivity contribution in [3.8, 4) is 24.2 Å². The van der Waals surface area contributed by atoms with Crippen LogP contribution >= 0.6 is 15.9 Å². The molecule has 0 saturated heterocycles. The highest BCUT2D eigenvalue weighted by molar-refractivity contribution is 9.10. The fourth-order valence-electron chi connectivity index (χ4n) is 2.89. The van der Waals surface area contributed by atoms with Gasteiger partial charge in [0, 0.05) is 28.6 Å². The number of nitrogens with two attached hydrogens (primary N) is 4. The van der Waals surface area contributed by atoms with E-state index in [9.17, 15) is 13.2 Å². The maximum Gasteiger partial charge on any atom is 0.238 e. The van der Waals surface area contributed by atoms with Crippen LogP contribution in [0.5, 0.6) is 0 Å². The molecule has 0 aliphatic rings. The minimum Gasteiger partial charge on any atom is -0.395 e. The first-order valence-electron chi connectivity index (χ1n) is 13.6. The monoisotopic (exact) mass is 705 g/mol. The number of aliphatic imine (C=N–C) groups is 1. The Morgan fingerprint density at radius 3 is 1.85 bits per heavy atom. The minimum absolute atomic E-state index is 0.0293. The molecule has 250 valence electrons. The molecule has 0 spiro atoms. The summed E-state index contributed by atoms with van der Waals surface area (Å²) in [6.07, 6.45) is 11.0. The Labute approximate surface area is 278 Å². The molecule has 0 amide bonds. The number of aryl methyl sites for hydroxylation is 1. The van der Waals surface area contributed by atoms with Gasteiger partial charge >= 0.3 is 0 Å². The third-order valence-corrected chi connectivity index (χ3v) is 5.37. The largest absolute Gasteiger partial charge is 0.395 e. The van der Waals surface area contributed by atoms with Crippen molar-refractivity contribution in [2.75, 3.05) is 73.4 Å². The summed E-state index contributed by atoms with van der Waals surface area (Å²) < 4.78 is 38.8. The van der Waals surface area contributed by atoms with Gasteiger partial charge in [0.15, 0.2) is 5.96 Å². The molecule has 0 fully saturated rings. The van der Waals surface area contributed by atoms with Crippen LogP contribution in [0.4, 0.5) is 30.2 Å². The summed E-state index contributed by atoms with van der Waals surface area (Å²) >= 11 is 3.09. The van der Waals surface area contributed by atoms with E-state index in [1.54, 1.807) is 6.07 Å². The zero-order chi connectivity index (χ0) is 35.2. The van der Waals surface area contributed by atoms with E-state index in [0.29, 0.717) is 16.6 Å². The van der Waals surface area contributed by atoms with E-state index in [1.807, 2.05) is 52.1 Å². The predicted octanol–water partition coefficient (Wildman–Crippen LogP) is 3.08. The summed E-state index contributed by atoms with van der Waals surface area (Å²) in [5.41, 5.74) is 22.6. The molecule has 0 bridgehead atoms. The van der Waals surface area contributed by atoms with Crippen LogP contribution in [0.1, 0.15) is 17.5 Å². The Kier molecular flexibility index (Phi) is 20.8. The number of nitrogens with zero attached hydrogens (tertiary/aromatic N) is 7. The molecule has 0 aromatic carbocycles. The first-order chi connectivity index (χ1) is 21.5. The van der Waals surface area contributed by atoms with Crippen LogP contribution in [0, 0.1) is 42.0 Å². The molecule has 3 heterocycles. The van der Waals surface area contributed by atoms with Crippen LogP contribution in [0.3, 0.4) is 0 Å². The van der Waals surface area contributed by atoms with Crippen molar-refractivity contribution in [3.05, 3.63) is 70.2 Å². The topological polar surface area (TPSA) is 165 Å². The van der Waals surface area contributed by atoms with E-state index in [4.69, 9.17) is 29.4 Å². The SMILES string of the molecule is C#CCN(C)C.CN(C)CC#Cc1cnc(F)c(N)c1.CN(C)CCCc1cnc(F)c(N=C(N)N)c1.Nc1cc(Br)cnc1F. The number of terminal acetylenes is 1. The number of nitrogen functional groups attached to an aromatic ring is 2. The Hall–Kier alpha value is -4.41. The van der Waals surface area contributed by atoms with Gasteiger partial charge in [-0.25, -0.2) is 19.9 Å². The van der Waals surface area contributed by atoms with Crippen LogP contribution < -0.4 is 22.9 Å². The lowest BCUT2D eigenvalue weighted by atomic mass is 10.1. The minimum atomic E-state index is -0.658. The van der Waals surface area contributed by atoms with E-state index in [-0.39, 0.29) is 23.0 Å². The molecule has 8 N–H and O–H groups in total. The molecule has 0 atom stereocenters. The molecule has 0 radical (unpaired) electrons. The standard InChI is InChI=1S/C11H18FN5.C10H12FN3.C5H4BrFN2.C5H9N/c1-17(2)5-3-4-8-6-9(16-11(13)14)10(12)15-7-8;1-14(2)5-3-4-8-6-9(12)10(11)13-7-8;6-3-1-4(8)5(7)9-2-3;1-4-5-6(2)3/h6-7H,3-5H2,1-2H3,(H4,13,14,16);6-7H,5,12H2,1-2H3;1-2H,8H2;1H,5H2,2-3H3. The zero-order valence-electron chi connectivity index (χ0n) is 27.0. The molecule has 0 aliphatic heterocycles. The first kappa shape index (κ1) is 41.6. The van der Waals surface area contributed by atoms with E-state index >= 15 is 0 Å².